The molecule has 1 saturated heterocycles. The lowest BCUT2D eigenvalue weighted by Gasteiger charge is -2.25. The first-order valence-electron chi connectivity index (χ1n) is 9.69. The molecular weight excluding hydrogens is 356 g/mol. The van der Waals surface area contributed by atoms with Gasteiger partial charge in [-0.15, -0.1) is 0 Å². The summed E-state index contributed by atoms with van der Waals surface area (Å²) in [5, 5.41) is 2.74. The van der Waals surface area contributed by atoms with Crippen LogP contribution in [0.1, 0.15) is 43.6 Å². The molecule has 0 radical (unpaired) electrons. The first kappa shape index (κ1) is 19.7. The van der Waals surface area contributed by atoms with Crippen LogP contribution < -0.4 is 10.1 Å². The van der Waals surface area contributed by atoms with Crippen molar-refractivity contribution >= 4 is 17.9 Å². The van der Waals surface area contributed by atoms with E-state index in [1.807, 2.05) is 36.1 Å². The summed E-state index contributed by atoms with van der Waals surface area (Å²) in [7, 11) is 0. The van der Waals surface area contributed by atoms with Gasteiger partial charge < -0.3 is 19.4 Å². The van der Waals surface area contributed by atoms with E-state index in [-0.39, 0.29) is 24.3 Å². The predicted octanol–water partition coefficient (Wildman–Crippen LogP) is 3.56. The number of ether oxygens (including phenoxy) is 1. The van der Waals surface area contributed by atoms with Gasteiger partial charge in [-0.1, -0.05) is 12.1 Å². The van der Waals surface area contributed by atoms with Crippen molar-refractivity contribution in [1.82, 2.24) is 10.2 Å². The summed E-state index contributed by atoms with van der Waals surface area (Å²) in [6.07, 6.45) is 6.78. The Kier molecular flexibility index (Phi) is 6.89. The molecule has 1 N–H and O–H groups in total. The topological polar surface area (TPSA) is 71.8 Å². The highest BCUT2D eigenvalue weighted by Gasteiger charge is 2.29. The second kappa shape index (κ2) is 9.78. The molecule has 0 bridgehead atoms. The standard InChI is InChI=1S/C22H26N2O4/c1-2-27-19-9-7-17(8-10-19)20-6-3-15-24(20)22(26)13-14-23-21(25)12-11-18-5-4-16-28-18/h4-5,7-12,16,20H,2-3,6,13-15H2,1H3,(H,23,25)/b12-11+. The minimum Gasteiger partial charge on any atom is -0.494 e. The number of carbonyl (C=O) groups is 2. The first-order chi connectivity index (χ1) is 13.7. The maximum absolute atomic E-state index is 12.6. The molecule has 6 heteroatoms. The summed E-state index contributed by atoms with van der Waals surface area (Å²) in [4.78, 5) is 26.4. The molecule has 1 aromatic heterocycles. The summed E-state index contributed by atoms with van der Waals surface area (Å²) in [5.41, 5.74) is 1.12. The smallest absolute Gasteiger partial charge is 0.244 e. The summed E-state index contributed by atoms with van der Waals surface area (Å²) < 4.78 is 10.6. The van der Waals surface area contributed by atoms with Crippen molar-refractivity contribution in [2.75, 3.05) is 19.7 Å². The van der Waals surface area contributed by atoms with Gasteiger partial charge in [-0.05, 0) is 55.7 Å². The lowest BCUT2D eigenvalue weighted by Crippen LogP contribution is -2.33. The molecule has 0 spiro atoms. The molecule has 1 fully saturated rings. The number of hydrogen-bond acceptors (Lipinski definition) is 4. The molecule has 3 rings (SSSR count). The van der Waals surface area contributed by atoms with Gasteiger partial charge in [0.15, 0.2) is 0 Å². The SMILES string of the molecule is CCOc1ccc(C2CCCN2C(=O)CCNC(=O)/C=C/c2ccco2)cc1. The van der Waals surface area contributed by atoms with E-state index >= 15 is 0 Å². The zero-order valence-electron chi connectivity index (χ0n) is 16.1. The number of hydrogen-bond donors (Lipinski definition) is 1. The Morgan fingerprint density at radius 2 is 2.11 bits per heavy atom. The maximum atomic E-state index is 12.6. The van der Waals surface area contributed by atoms with Gasteiger partial charge in [0.05, 0.1) is 18.9 Å². The van der Waals surface area contributed by atoms with Crippen LogP contribution in [0, 0.1) is 0 Å². The highest BCUT2D eigenvalue weighted by Crippen LogP contribution is 2.33. The molecule has 1 atom stereocenters. The van der Waals surface area contributed by atoms with Gasteiger partial charge in [0.25, 0.3) is 0 Å². The number of benzene rings is 1. The number of carbonyl (C=O) groups excluding carboxylic acids is 2. The normalized spacial score (nSPS) is 16.5. The summed E-state index contributed by atoms with van der Waals surface area (Å²) in [5.74, 6) is 1.27. The van der Waals surface area contributed by atoms with E-state index in [4.69, 9.17) is 9.15 Å². The van der Waals surface area contributed by atoms with Crippen molar-refractivity contribution in [2.45, 2.75) is 32.2 Å². The van der Waals surface area contributed by atoms with Crippen LogP contribution in [0.2, 0.25) is 0 Å². The van der Waals surface area contributed by atoms with E-state index in [2.05, 4.69) is 5.32 Å². The van der Waals surface area contributed by atoms with E-state index in [1.54, 1.807) is 24.5 Å². The van der Waals surface area contributed by atoms with Crippen molar-refractivity contribution in [2.24, 2.45) is 0 Å². The fraction of sp³-hybridized carbons (Fsp3) is 0.364. The van der Waals surface area contributed by atoms with Crippen LogP contribution in [0.15, 0.2) is 53.2 Å². The molecule has 0 aliphatic carbocycles. The quantitative estimate of drug-likeness (QED) is 0.709. The molecular formula is C22H26N2O4. The van der Waals surface area contributed by atoms with Gasteiger partial charge in [-0.3, -0.25) is 9.59 Å². The average molecular weight is 382 g/mol. The van der Waals surface area contributed by atoms with E-state index in [0.717, 1.165) is 30.7 Å². The fourth-order valence-electron chi connectivity index (χ4n) is 3.40. The third-order valence-electron chi connectivity index (χ3n) is 4.73. The van der Waals surface area contributed by atoms with E-state index in [0.29, 0.717) is 18.9 Å². The van der Waals surface area contributed by atoms with Crippen LogP contribution in [0.3, 0.4) is 0 Å². The van der Waals surface area contributed by atoms with E-state index < -0.39 is 0 Å². The van der Waals surface area contributed by atoms with Crippen LogP contribution >= 0.6 is 0 Å². The number of nitrogens with one attached hydrogen (secondary N) is 1. The van der Waals surface area contributed by atoms with Gasteiger partial charge in [0.2, 0.25) is 11.8 Å². The number of rotatable bonds is 8. The molecule has 0 saturated carbocycles. The lowest BCUT2D eigenvalue weighted by atomic mass is 10.0. The summed E-state index contributed by atoms with van der Waals surface area (Å²) in [6.45, 7) is 3.66. The molecule has 2 aromatic rings. The Bertz CT molecular complexity index is 796. The Morgan fingerprint density at radius 1 is 1.29 bits per heavy atom. The van der Waals surface area contributed by atoms with Gasteiger partial charge in [-0.2, -0.15) is 0 Å². The third-order valence-corrected chi connectivity index (χ3v) is 4.73. The molecule has 1 aliphatic rings. The molecule has 1 aliphatic heterocycles. The minimum atomic E-state index is -0.242. The van der Waals surface area contributed by atoms with Crippen LogP contribution in [-0.4, -0.2) is 36.4 Å². The lowest BCUT2D eigenvalue weighted by molar-refractivity contribution is -0.132. The van der Waals surface area contributed by atoms with Crippen LogP contribution in [0.25, 0.3) is 6.08 Å². The molecule has 2 heterocycles. The number of likely N-dealkylation sites (tertiary alicyclic amines) is 1. The third kappa shape index (κ3) is 5.25. The zero-order valence-corrected chi connectivity index (χ0v) is 16.1. The van der Waals surface area contributed by atoms with Gasteiger partial charge >= 0.3 is 0 Å². The van der Waals surface area contributed by atoms with Crippen LogP contribution in [0.4, 0.5) is 0 Å². The van der Waals surface area contributed by atoms with Gasteiger partial charge in [0, 0.05) is 25.6 Å². The predicted molar refractivity (Wildman–Crippen MR) is 107 cm³/mol. The number of nitrogens with zero attached hydrogens (tertiary/aromatic N) is 1. The van der Waals surface area contributed by atoms with Crippen LogP contribution in [0.5, 0.6) is 5.75 Å². The summed E-state index contributed by atoms with van der Waals surface area (Å²) in [6, 6.07) is 11.6. The highest BCUT2D eigenvalue weighted by molar-refractivity contribution is 5.91. The van der Waals surface area contributed by atoms with E-state index in [1.165, 1.54) is 6.08 Å². The Hall–Kier alpha value is -3.02. The van der Waals surface area contributed by atoms with Crippen LogP contribution in [-0.2, 0) is 9.59 Å². The minimum absolute atomic E-state index is 0.0618. The highest BCUT2D eigenvalue weighted by atomic mass is 16.5. The van der Waals surface area contributed by atoms with Crippen molar-refractivity contribution < 1.29 is 18.7 Å². The second-order valence-electron chi connectivity index (χ2n) is 6.64. The largest absolute Gasteiger partial charge is 0.494 e. The van der Waals surface area contributed by atoms with Gasteiger partial charge in [-0.25, -0.2) is 0 Å². The molecule has 2 amide bonds. The number of furan rings is 1. The monoisotopic (exact) mass is 382 g/mol. The summed E-state index contributed by atoms with van der Waals surface area (Å²) >= 11 is 0. The van der Waals surface area contributed by atoms with Crippen molar-refractivity contribution in [3.63, 3.8) is 0 Å². The number of amides is 2. The average Bonchev–Trinajstić information content (AvgIpc) is 3.39. The molecule has 148 valence electrons. The van der Waals surface area contributed by atoms with Gasteiger partial charge in [0.1, 0.15) is 11.5 Å². The molecule has 1 unspecified atom stereocenters. The zero-order chi connectivity index (χ0) is 19.8. The fourth-order valence-corrected chi connectivity index (χ4v) is 3.40. The second-order valence-corrected chi connectivity index (χ2v) is 6.64. The Morgan fingerprint density at radius 3 is 2.82 bits per heavy atom. The van der Waals surface area contributed by atoms with Crippen molar-refractivity contribution in [1.29, 1.82) is 0 Å². The molecule has 6 nitrogen and oxygen atoms in total. The maximum Gasteiger partial charge on any atom is 0.244 e. The molecule has 28 heavy (non-hydrogen) atoms. The van der Waals surface area contributed by atoms with E-state index in [9.17, 15) is 9.59 Å². The molecule has 1 aromatic carbocycles. The Balaban J connectivity index is 1.48. The first-order valence-corrected chi connectivity index (χ1v) is 9.69. The van der Waals surface area contributed by atoms with Crippen molar-refractivity contribution in [3.8, 4) is 5.75 Å². The van der Waals surface area contributed by atoms with Crippen molar-refractivity contribution in [3.05, 3.63) is 60.1 Å². The Labute approximate surface area is 165 Å².